The first-order valence-corrected chi connectivity index (χ1v) is 7.56. The van der Waals surface area contributed by atoms with Crippen LogP contribution in [0.5, 0.6) is 0 Å². The van der Waals surface area contributed by atoms with E-state index in [1.165, 1.54) is 0 Å². The zero-order chi connectivity index (χ0) is 15.2. The van der Waals surface area contributed by atoms with Crippen molar-refractivity contribution in [3.05, 3.63) is 34.4 Å². The van der Waals surface area contributed by atoms with Crippen LogP contribution < -0.4 is 11.1 Å². The van der Waals surface area contributed by atoms with Crippen LogP contribution in [0.2, 0.25) is 0 Å². The Bertz CT molecular complexity index is 601. The van der Waals surface area contributed by atoms with Crippen molar-refractivity contribution in [1.82, 2.24) is 9.97 Å². The van der Waals surface area contributed by atoms with Crippen molar-refractivity contribution < 1.29 is 9.53 Å². The monoisotopic (exact) mass is 306 g/mol. The van der Waals surface area contributed by atoms with Gasteiger partial charge in [-0.1, -0.05) is 6.92 Å². The van der Waals surface area contributed by atoms with Crippen molar-refractivity contribution in [2.45, 2.75) is 19.8 Å². The van der Waals surface area contributed by atoms with Crippen LogP contribution in [0, 0.1) is 0 Å². The van der Waals surface area contributed by atoms with Gasteiger partial charge in [-0.25, -0.2) is 14.8 Å². The van der Waals surface area contributed by atoms with Gasteiger partial charge in [0.25, 0.3) is 0 Å². The van der Waals surface area contributed by atoms with Crippen LogP contribution in [0.3, 0.4) is 0 Å². The van der Waals surface area contributed by atoms with Gasteiger partial charge in [0.15, 0.2) is 0 Å². The molecule has 0 aliphatic carbocycles. The molecule has 0 aliphatic heterocycles. The number of thiazole rings is 1. The van der Waals surface area contributed by atoms with Gasteiger partial charge in [0.05, 0.1) is 22.9 Å². The number of hydrogen-bond acceptors (Lipinski definition) is 7. The number of carbonyl (C=O) groups is 1. The summed E-state index contributed by atoms with van der Waals surface area (Å²) in [5.41, 5.74) is 6.62. The highest BCUT2D eigenvalue weighted by molar-refractivity contribution is 7.09. The number of carbonyl (C=O) groups excluding carboxylic acids is 1. The van der Waals surface area contributed by atoms with Gasteiger partial charge in [-0.2, -0.15) is 0 Å². The molecule has 0 saturated carbocycles. The number of hydrogen-bond donors (Lipinski definition) is 2. The minimum Gasteiger partial charge on any atom is -0.462 e. The second kappa shape index (κ2) is 7.03. The maximum absolute atomic E-state index is 11.8. The van der Waals surface area contributed by atoms with Gasteiger partial charge in [-0.05, 0) is 13.0 Å². The first-order chi connectivity index (χ1) is 10.1. The summed E-state index contributed by atoms with van der Waals surface area (Å²) in [5.74, 6) is 0.287. The number of rotatable bonds is 6. The summed E-state index contributed by atoms with van der Waals surface area (Å²) < 4.78 is 4.97. The molecular weight excluding hydrogens is 288 g/mol. The predicted octanol–water partition coefficient (Wildman–Crippen LogP) is 2.51. The number of nitrogens with zero attached hydrogens (tertiary/aromatic N) is 2. The second-order valence-electron chi connectivity index (χ2n) is 4.49. The highest BCUT2D eigenvalue weighted by atomic mass is 32.1. The van der Waals surface area contributed by atoms with Gasteiger partial charge in [0.1, 0.15) is 5.82 Å². The molecule has 2 heterocycles. The molecule has 2 rings (SSSR count). The average molecular weight is 306 g/mol. The molecule has 0 amide bonds. The summed E-state index contributed by atoms with van der Waals surface area (Å²) in [7, 11) is 0. The molecule has 7 heteroatoms. The molecule has 2 aromatic heterocycles. The SMILES string of the molecule is CCOC(=O)c1ccnc(NCC(C)c2nccs2)c1N. The summed E-state index contributed by atoms with van der Waals surface area (Å²) in [5, 5.41) is 6.15. The van der Waals surface area contributed by atoms with E-state index in [0.717, 1.165) is 5.01 Å². The van der Waals surface area contributed by atoms with Crippen LogP contribution in [0.15, 0.2) is 23.8 Å². The van der Waals surface area contributed by atoms with Gasteiger partial charge in [-0.3, -0.25) is 0 Å². The summed E-state index contributed by atoms with van der Waals surface area (Å²) in [6, 6.07) is 1.56. The summed E-state index contributed by atoms with van der Waals surface area (Å²) in [6.45, 7) is 4.77. The average Bonchev–Trinajstić information content (AvgIpc) is 3.00. The van der Waals surface area contributed by atoms with Crippen molar-refractivity contribution >= 4 is 28.8 Å². The minimum atomic E-state index is -0.437. The molecule has 0 fully saturated rings. The van der Waals surface area contributed by atoms with Crippen molar-refractivity contribution in [2.24, 2.45) is 0 Å². The number of nitrogens with two attached hydrogens (primary N) is 1. The van der Waals surface area contributed by atoms with E-state index in [1.54, 1.807) is 36.7 Å². The molecule has 0 aromatic carbocycles. The largest absolute Gasteiger partial charge is 0.462 e. The fourth-order valence-corrected chi connectivity index (χ4v) is 2.51. The van der Waals surface area contributed by atoms with Gasteiger partial charge < -0.3 is 15.8 Å². The molecule has 112 valence electrons. The molecule has 21 heavy (non-hydrogen) atoms. The summed E-state index contributed by atoms with van der Waals surface area (Å²) >= 11 is 1.61. The zero-order valence-corrected chi connectivity index (χ0v) is 12.8. The number of pyridine rings is 1. The Balaban J connectivity index is 2.07. The molecular formula is C14H18N4O2S. The Morgan fingerprint density at radius 1 is 1.48 bits per heavy atom. The van der Waals surface area contributed by atoms with Gasteiger partial charge in [0.2, 0.25) is 0 Å². The third-order valence-electron chi connectivity index (χ3n) is 2.93. The van der Waals surface area contributed by atoms with E-state index in [9.17, 15) is 4.79 Å². The molecule has 1 unspecified atom stereocenters. The van der Waals surface area contributed by atoms with Gasteiger partial charge >= 0.3 is 5.97 Å². The molecule has 2 aromatic rings. The minimum absolute atomic E-state index is 0.234. The first kappa shape index (κ1) is 15.2. The highest BCUT2D eigenvalue weighted by Gasteiger charge is 2.15. The van der Waals surface area contributed by atoms with E-state index >= 15 is 0 Å². The predicted molar refractivity (Wildman–Crippen MR) is 83.6 cm³/mol. The first-order valence-electron chi connectivity index (χ1n) is 6.68. The van der Waals surface area contributed by atoms with Crippen LogP contribution in [-0.4, -0.2) is 29.1 Å². The van der Waals surface area contributed by atoms with Crippen LogP contribution in [0.25, 0.3) is 0 Å². The molecule has 0 saturated heterocycles. The van der Waals surface area contributed by atoms with E-state index in [-0.39, 0.29) is 5.92 Å². The van der Waals surface area contributed by atoms with E-state index in [4.69, 9.17) is 10.5 Å². The van der Waals surface area contributed by atoms with Crippen molar-refractivity contribution in [3.63, 3.8) is 0 Å². The third kappa shape index (κ3) is 3.69. The number of aromatic nitrogens is 2. The van der Waals surface area contributed by atoms with Crippen molar-refractivity contribution in [1.29, 1.82) is 0 Å². The fourth-order valence-electron chi connectivity index (χ4n) is 1.82. The van der Waals surface area contributed by atoms with Crippen LogP contribution in [0.1, 0.15) is 35.1 Å². The zero-order valence-electron chi connectivity index (χ0n) is 12.0. The molecule has 0 bridgehead atoms. The van der Waals surface area contributed by atoms with E-state index in [0.29, 0.717) is 30.2 Å². The number of nitrogen functional groups attached to an aromatic ring is 1. The van der Waals surface area contributed by atoms with Crippen molar-refractivity contribution in [2.75, 3.05) is 24.2 Å². The lowest BCUT2D eigenvalue weighted by molar-refractivity contribution is 0.0527. The second-order valence-corrected chi connectivity index (χ2v) is 5.42. The Kier molecular flexibility index (Phi) is 5.10. The maximum Gasteiger partial charge on any atom is 0.340 e. The van der Waals surface area contributed by atoms with E-state index in [1.807, 2.05) is 5.38 Å². The topological polar surface area (TPSA) is 90.1 Å². The summed E-state index contributed by atoms with van der Waals surface area (Å²) in [6.07, 6.45) is 3.32. The number of nitrogens with one attached hydrogen (secondary N) is 1. The fraction of sp³-hybridized carbons (Fsp3) is 0.357. The number of anilines is 2. The van der Waals surface area contributed by atoms with Gasteiger partial charge in [-0.15, -0.1) is 11.3 Å². The number of esters is 1. The molecule has 1 atom stereocenters. The molecule has 6 nitrogen and oxygen atoms in total. The highest BCUT2D eigenvalue weighted by Crippen LogP contribution is 2.23. The normalized spacial score (nSPS) is 11.9. The maximum atomic E-state index is 11.8. The van der Waals surface area contributed by atoms with Crippen LogP contribution >= 0.6 is 11.3 Å². The lowest BCUT2D eigenvalue weighted by Gasteiger charge is -2.13. The molecule has 0 aliphatic rings. The lowest BCUT2D eigenvalue weighted by atomic mass is 10.2. The standard InChI is InChI=1S/C14H18N4O2S/c1-3-20-14(19)10-4-5-16-12(11(10)15)18-8-9(2)13-17-6-7-21-13/h4-7,9H,3,8,15H2,1-2H3,(H,16,18). The molecule has 0 radical (unpaired) electrons. The molecule has 0 spiro atoms. The van der Waals surface area contributed by atoms with E-state index in [2.05, 4.69) is 22.2 Å². The van der Waals surface area contributed by atoms with Gasteiger partial charge in [0, 0.05) is 30.2 Å². The van der Waals surface area contributed by atoms with E-state index < -0.39 is 5.97 Å². The lowest BCUT2D eigenvalue weighted by Crippen LogP contribution is -2.15. The Morgan fingerprint density at radius 3 is 2.95 bits per heavy atom. The summed E-state index contributed by atoms with van der Waals surface area (Å²) in [4.78, 5) is 20.2. The smallest absolute Gasteiger partial charge is 0.340 e. The third-order valence-corrected chi connectivity index (χ3v) is 3.94. The molecule has 3 N–H and O–H groups in total. The Hall–Kier alpha value is -2.15. The van der Waals surface area contributed by atoms with Crippen LogP contribution in [0.4, 0.5) is 11.5 Å². The Labute approximate surface area is 127 Å². The number of ether oxygens (including phenoxy) is 1. The quantitative estimate of drug-likeness (QED) is 0.797. The van der Waals surface area contributed by atoms with Crippen molar-refractivity contribution in [3.8, 4) is 0 Å². The van der Waals surface area contributed by atoms with Crippen LogP contribution in [-0.2, 0) is 4.74 Å². The Morgan fingerprint density at radius 2 is 2.29 bits per heavy atom.